The van der Waals surface area contributed by atoms with E-state index in [4.69, 9.17) is 4.74 Å². The summed E-state index contributed by atoms with van der Waals surface area (Å²) in [7, 11) is 1.62. The molecule has 2 unspecified atom stereocenters. The fourth-order valence-electron chi connectivity index (χ4n) is 3.58. The average molecular weight is 290 g/mol. The zero-order chi connectivity index (χ0) is 14.7. The molecule has 1 saturated heterocycles. The lowest BCUT2D eigenvalue weighted by molar-refractivity contribution is 0.138. The third-order valence-electron chi connectivity index (χ3n) is 4.51. The number of fused-ring (bicyclic) bond motifs is 1. The molecule has 2 amide bonds. The number of nitrogens with zero attached hydrogens (tertiary/aromatic N) is 3. The van der Waals surface area contributed by atoms with E-state index in [1.165, 1.54) is 25.6 Å². The third kappa shape index (κ3) is 3.15. The van der Waals surface area contributed by atoms with Gasteiger partial charge in [0.25, 0.3) is 0 Å². The molecule has 1 aromatic rings. The summed E-state index contributed by atoms with van der Waals surface area (Å²) in [5.74, 6) is 1.24. The molecular weight excluding hydrogens is 268 g/mol. The smallest absolute Gasteiger partial charge is 0.323 e. The maximum atomic E-state index is 12.5. The molecule has 2 heterocycles. The highest BCUT2D eigenvalue weighted by molar-refractivity contribution is 5.88. The second-order valence-corrected chi connectivity index (χ2v) is 5.85. The molecule has 6 nitrogen and oxygen atoms in total. The molecule has 1 aliphatic heterocycles. The van der Waals surface area contributed by atoms with Crippen LogP contribution in [0.4, 0.5) is 10.6 Å². The van der Waals surface area contributed by atoms with E-state index in [1.807, 2.05) is 4.90 Å². The van der Waals surface area contributed by atoms with Gasteiger partial charge in [0.05, 0.1) is 12.3 Å². The van der Waals surface area contributed by atoms with Crippen molar-refractivity contribution in [1.82, 2.24) is 14.9 Å². The van der Waals surface area contributed by atoms with E-state index in [0.717, 1.165) is 25.1 Å². The van der Waals surface area contributed by atoms with Crippen molar-refractivity contribution in [2.45, 2.75) is 44.8 Å². The molecule has 1 aromatic heterocycles. The summed E-state index contributed by atoms with van der Waals surface area (Å²) in [6.45, 7) is 1.27. The van der Waals surface area contributed by atoms with Gasteiger partial charge in [-0.05, 0) is 31.6 Å². The summed E-state index contributed by atoms with van der Waals surface area (Å²) in [6.07, 6.45) is 7.47. The lowest BCUT2D eigenvalue weighted by atomic mass is 9.92. The topological polar surface area (TPSA) is 67.3 Å². The second-order valence-electron chi connectivity index (χ2n) is 5.85. The minimum Gasteiger partial charge on any atom is -0.378 e. The Balaban J connectivity index is 1.66. The molecule has 1 aliphatic carbocycles. The van der Waals surface area contributed by atoms with E-state index in [2.05, 4.69) is 15.3 Å². The molecule has 6 heteroatoms. The van der Waals surface area contributed by atoms with Crippen molar-refractivity contribution in [1.29, 1.82) is 0 Å². The Kier molecular flexibility index (Phi) is 4.34. The lowest BCUT2D eigenvalue weighted by Crippen LogP contribution is -2.48. The fourth-order valence-corrected chi connectivity index (χ4v) is 3.58. The molecule has 3 rings (SSSR count). The van der Waals surface area contributed by atoms with E-state index in [0.29, 0.717) is 24.4 Å². The number of rotatable bonds is 3. The normalized spacial score (nSPS) is 24.7. The number of amides is 2. The number of carbonyl (C=O) groups excluding carboxylic acids is 1. The number of likely N-dealkylation sites (tertiary alicyclic amines) is 1. The highest BCUT2D eigenvalue weighted by Crippen LogP contribution is 2.36. The first-order valence-electron chi connectivity index (χ1n) is 7.65. The number of ether oxygens (including phenoxy) is 1. The van der Waals surface area contributed by atoms with Crippen molar-refractivity contribution < 1.29 is 9.53 Å². The van der Waals surface area contributed by atoms with Gasteiger partial charge >= 0.3 is 6.03 Å². The molecule has 2 aliphatic rings. The molecule has 0 aromatic carbocycles. The van der Waals surface area contributed by atoms with Crippen LogP contribution in [-0.4, -0.2) is 40.6 Å². The largest absolute Gasteiger partial charge is 0.378 e. The van der Waals surface area contributed by atoms with Gasteiger partial charge in [-0.15, -0.1) is 0 Å². The van der Waals surface area contributed by atoms with Crippen LogP contribution in [0.2, 0.25) is 0 Å². The standard InChI is InChI=1S/C15H22N4O2/c1-21-9-12-8-14(17-10-16-12)18-15(20)19-7-3-5-11-4-2-6-13(11)19/h8,10-11,13H,2-7,9H2,1H3,(H,16,17,18,20). The number of anilines is 1. The van der Waals surface area contributed by atoms with Crippen LogP contribution in [0.3, 0.4) is 0 Å². The number of hydrogen-bond acceptors (Lipinski definition) is 4. The van der Waals surface area contributed by atoms with Gasteiger partial charge in [0, 0.05) is 25.8 Å². The van der Waals surface area contributed by atoms with Gasteiger partial charge in [-0.2, -0.15) is 0 Å². The predicted octanol–water partition coefficient (Wildman–Crippen LogP) is 2.42. The molecule has 1 N–H and O–H groups in total. The zero-order valence-electron chi connectivity index (χ0n) is 12.4. The van der Waals surface area contributed by atoms with Gasteiger partial charge < -0.3 is 9.64 Å². The van der Waals surface area contributed by atoms with Crippen molar-refractivity contribution in [3.8, 4) is 0 Å². The van der Waals surface area contributed by atoms with Crippen molar-refractivity contribution in [3.63, 3.8) is 0 Å². The predicted molar refractivity (Wildman–Crippen MR) is 78.8 cm³/mol. The molecule has 114 valence electrons. The minimum absolute atomic E-state index is 0.0336. The molecule has 2 atom stereocenters. The Morgan fingerprint density at radius 1 is 1.38 bits per heavy atom. The van der Waals surface area contributed by atoms with E-state index in [-0.39, 0.29) is 6.03 Å². The maximum absolute atomic E-state index is 12.5. The molecule has 21 heavy (non-hydrogen) atoms. The number of nitrogens with one attached hydrogen (secondary N) is 1. The molecular formula is C15H22N4O2. The summed E-state index contributed by atoms with van der Waals surface area (Å²) in [4.78, 5) is 22.7. The van der Waals surface area contributed by atoms with Gasteiger partial charge in [0.2, 0.25) is 0 Å². The summed E-state index contributed by atoms with van der Waals surface area (Å²) in [5, 5.41) is 2.90. The molecule has 2 fully saturated rings. The summed E-state index contributed by atoms with van der Waals surface area (Å²) < 4.78 is 5.05. The lowest BCUT2D eigenvalue weighted by Gasteiger charge is -2.37. The summed E-state index contributed by atoms with van der Waals surface area (Å²) in [6, 6.07) is 2.14. The molecule has 0 radical (unpaired) electrons. The SMILES string of the molecule is COCc1cc(NC(=O)N2CCCC3CCCC32)ncn1. The highest BCUT2D eigenvalue weighted by Gasteiger charge is 2.37. The number of urea groups is 1. The average Bonchev–Trinajstić information content (AvgIpc) is 2.96. The third-order valence-corrected chi connectivity index (χ3v) is 4.51. The summed E-state index contributed by atoms with van der Waals surface area (Å²) in [5.41, 5.74) is 0.764. The number of methoxy groups -OCH3 is 1. The van der Waals surface area contributed by atoms with Crippen LogP contribution in [0.15, 0.2) is 12.4 Å². The molecule has 0 bridgehead atoms. The van der Waals surface area contributed by atoms with Gasteiger partial charge in [0.15, 0.2) is 0 Å². The van der Waals surface area contributed by atoms with Crippen molar-refractivity contribution in [3.05, 3.63) is 18.1 Å². The van der Waals surface area contributed by atoms with Crippen molar-refractivity contribution >= 4 is 11.8 Å². The Morgan fingerprint density at radius 3 is 3.10 bits per heavy atom. The quantitative estimate of drug-likeness (QED) is 0.928. The number of hydrogen-bond donors (Lipinski definition) is 1. The van der Waals surface area contributed by atoms with E-state index in [1.54, 1.807) is 13.2 Å². The minimum atomic E-state index is -0.0336. The first-order chi connectivity index (χ1) is 10.3. The number of carbonyl (C=O) groups is 1. The Morgan fingerprint density at radius 2 is 2.24 bits per heavy atom. The van der Waals surface area contributed by atoms with Gasteiger partial charge in [-0.25, -0.2) is 14.8 Å². The van der Waals surface area contributed by atoms with Crippen molar-refractivity contribution in [2.24, 2.45) is 5.92 Å². The Bertz CT molecular complexity index is 508. The number of aromatic nitrogens is 2. The van der Waals surface area contributed by atoms with Crippen LogP contribution >= 0.6 is 0 Å². The van der Waals surface area contributed by atoms with Crippen LogP contribution in [0, 0.1) is 5.92 Å². The van der Waals surface area contributed by atoms with E-state index < -0.39 is 0 Å². The van der Waals surface area contributed by atoms with Crippen LogP contribution < -0.4 is 5.32 Å². The van der Waals surface area contributed by atoms with E-state index in [9.17, 15) is 4.79 Å². The Labute approximate surface area is 124 Å². The first-order valence-corrected chi connectivity index (χ1v) is 7.65. The van der Waals surface area contributed by atoms with E-state index >= 15 is 0 Å². The molecule has 0 spiro atoms. The first kappa shape index (κ1) is 14.3. The van der Waals surface area contributed by atoms with Crippen LogP contribution in [-0.2, 0) is 11.3 Å². The maximum Gasteiger partial charge on any atom is 0.323 e. The van der Waals surface area contributed by atoms with Crippen molar-refractivity contribution in [2.75, 3.05) is 19.0 Å². The zero-order valence-corrected chi connectivity index (χ0v) is 12.4. The Hall–Kier alpha value is -1.69. The van der Waals surface area contributed by atoms with Crippen LogP contribution in [0.25, 0.3) is 0 Å². The summed E-state index contributed by atoms with van der Waals surface area (Å²) >= 11 is 0. The van der Waals surface area contributed by atoms with Crippen LogP contribution in [0.5, 0.6) is 0 Å². The second kappa shape index (κ2) is 6.39. The van der Waals surface area contributed by atoms with Crippen LogP contribution in [0.1, 0.15) is 37.8 Å². The molecule has 1 saturated carbocycles. The highest BCUT2D eigenvalue weighted by atomic mass is 16.5. The van der Waals surface area contributed by atoms with Gasteiger partial charge in [0.1, 0.15) is 12.1 Å². The van der Waals surface area contributed by atoms with Gasteiger partial charge in [-0.3, -0.25) is 5.32 Å². The fraction of sp³-hybridized carbons (Fsp3) is 0.667. The van der Waals surface area contributed by atoms with Gasteiger partial charge in [-0.1, -0.05) is 6.42 Å². The number of piperidine rings is 1. The monoisotopic (exact) mass is 290 g/mol.